The molecule has 5 rings (SSSR count). The molecular weight excluding hydrogens is 456 g/mol. The maximum atomic E-state index is 13.8. The third-order valence-electron chi connectivity index (χ3n) is 7.66. The van der Waals surface area contributed by atoms with Gasteiger partial charge in [-0.15, -0.1) is 0 Å². The van der Waals surface area contributed by atoms with E-state index in [0.717, 1.165) is 25.9 Å². The standard InChI is InChI=1S/C29H34N2O3S/c32-26-15-17-27(18-16-26)35(33,34)31(24-11-5-2-6-12-24)25-19-21-30(22-20-25)29-14-8-7-13-28(29)23-9-3-1-4-10-23/h1-6,9-12,15-18,25,28-29,32H,7-8,13-14,19-22H2/t28-,29-/m1/s1. The molecule has 0 aromatic heterocycles. The molecule has 2 aliphatic rings. The Labute approximate surface area is 209 Å². The maximum absolute atomic E-state index is 13.8. The molecule has 1 N–H and O–H groups in total. The zero-order valence-corrected chi connectivity index (χ0v) is 20.9. The smallest absolute Gasteiger partial charge is 0.264 e. The zero-order valence-electron chi connectivity index (χ0n) is 20.0. The van der Waals surface area contributed by atoms with Gasteiger partial charge in [-0.3, -0.25) is 9.21 Å². The summed E-state index contributed by atoms with van der Waals surface area (Å²) in [7, 11) is -3.76. The van der Waals surface area contributed by atoms with Crippen molar-refractivity contribution in [2.75, 3.05) is 17.4 Å². The van der Waals surface area contributed by atoms with Crippen LogP contribution in [0, 0.1) is 0 Å². The summed E-state index contributed by atoms with van der Waals surface area (Å²) in [5.74, 6) is 0.608. The fraction of sp³-hybridized carbons (Fsp3) is 0.379. The lowest BCUT2D eigenvalue weighted by molar-refractivity contribution is 0.107. The quantitative estimate of drug-likeness (QED) is 0.476. The lowest BCUT2D eigenvalue weighted by atomic mass is 9.78. The van der Waals surface area contributed by atoms with E-state index in [1.807, 2.05) is 30.3 Å². The summed E-state index contributed by atoms with van der Waals surface area (Å²) in [6.45, 7) is 1.79. The largest absolute Gasteiger partial charge is 0.508 e. The van der Waals surface area contributed by atoms with Gasteiger partial charge < -0.3 is 5.11 Å². The van der Waals surface area contributed by atoms with E-state index in [-0.39, 0.29) is 16.7 Å². The third-order valence-corrected chi connectivity index (χ3v) is 9.56. The summed E-state index contributed by atoms with van der Waals surface area (Å²) in [6, 6.07) is 26.6. The molecule has 35 heavy (non-hydrogen) atoms. The van der Waals surface area contributed by atoms with Crippen LogP contribution in [0.2, 0.25) is 0 Å². The Morgan fingerprint density at radius 1 is 0.743 bits per heavy atom. The first-order valence-corrected chi connectivity index (χ1v) is 14.2. The topological polar surface area (TPSA) is 60.9 Å². The highest BCUT2D eigenvalue weighted by molar-refractivity contribution is 7.92. The second-order valence-electron chi connectivity index (χ2n) is 9.77. The second-order valence-corrected chi connectivity index (χ2v) is 11.6. The molecule has 2 fully saturated rings. The predicted molar refractivity (Wildman–Crippen MR) is 140 cm³/mol. The number of benzene rings is 3. The molecule has 1 aliphatic heterocycles. The first-order chi connectivity index (χ1) is 17.0. The maximum Gasteiger partial charge on any atom is 0.264 e. The minimum atomic E-state index is -3.76. The van der Waals surface area contributed by atoms with E-state index in [1.165, 1.54) is 55.5 Å². The highest BCUT2D eigenvalue weighted by Crippen LogP contribution is 2.38. The predicted octanol–water partition coefficient (Wildman–Crippen LogP) is 5.78. The molecule has 0 spiro atoms. The molecule has 184 valence electrons. The van der Waals surface area contributed by atoms with Crippen LogP contribution in [0.4, 0.5) is 5.69 Å². The van der Waals surface area contributed by atoms with Crippen molar-refractivity contribution in [3.05, 3.63) is 90.5 Å². The Bertz CT molecular complexity index is 1190. The van der Waals surface area contributed by atoms with Gasteiger partial charge in [-0.2, -0.15) is 0 Å². The van der Waals surface area contributed by atoms with Crippen molar-refractivity contribution < 1.29 is 13.5 Å². The summed E-state index contributed by atoms with van der Waals surface area (Å²) < 4.78 is 29.2. The number of anilines is 1. The van der Waals surface area contributed by atoms with Gasteiger partial charge in [0, 0.05) is 25.2 Å². The Morgan fingerprint density at radius 3 is 2.00 bits per heavy atom. The number of para-hydroxylation sites is 1. The SMILES string of the molecule is O=S(=O)(c1ccc(O)cc1)N(c1ccccc1)C1CCN([C@@H]2CCCC[C@@H]2c2ccccc2)CC1. The van der Waals surface area contributed by atoms with Crippen molar-refractivity contribution in [2.24, 2.45) is 0 Å². The van der Waals surface area contributed by atoms with Crippen molar-refractivity contribution in [3.63, 3.8) is 0 Å². The average molecular weight is 491 g/mol. The zero-order chi connectivity index (χ0) is 24.3. The lowest BCUT2D eigenvalue weighted by Crippen LogP contribution is -2.51. The number of phenolic OH excluding ortho intramolecular Hbond substituents is 1. The van der Waals surface area contributed by atoms with Crippen LogP contribution in [-0.2, 0) is 10.0 Å². The fourth-order valence-electron chi connectivity index (χ4n) is 5.94. The van der Waals surface area contributed by atoms with E-state index in [0.29, 0.717) is 17.6 Å². The minimum absolute atomic E-state index is 0.0592. The Hall–Kier alpha value is -2.83. The molecule has 1 saturated carbocycles. The summed E-state index contributed by atoms with van der Waals surface area (Å²) in [5.41, 5.74) is 2.12. The number of phenols is 1. The first-order valence-electron chi connectivity index (χ1n) is 12.7. The van der Waals surface area contributed by atoms with Gasteiger partial charge in [0.15, 0.2) is 0 Å². The van der Waals surface area contributed by atoms with E-state index < -0.39 is 10.0 Å². The molecule has 3 aromatic carbocycles. The summed E-state index contributed by atoms with van der Waals surface area (Å²) in [6.07, 6.45) is 6.56. The number of rotatable bonds is 6. The molecule has 0 unspecified atom stereocenters. The van der Waals surface area contributed by atoms with Gasteiger partial charge in [0.25, 0.3) is 10.0 Å². The van der Waals surface area contributed by atoms with Crippen LogP contribution in [0.25, 0.3) is 0 Å². The van der Waals surface area contributed by atoms with E-state index >= 15 is 0 Å². The van der Waals surface area contributed by atoms with Gasteiger partial charge in [0.05, 0.1) is 10.6 Å². The Balaban J connectivity index is 1.37. The fourth-order valence-corrected chi connectivity index (χ4v) is 7.65. The summed E-state index contributed by atoms with van der Waals surface area (Å²) in [4.78, 5) is 2.82. The molecule has 3 aromatic rings. The van der Waals surface area contributed by atoms with E-state index in [1.54, 1.807) is 4.31 Å². The van der Waals surface area contributed by atoms with Crippen LogP contribution < -0.4 is 4.31 Å². The van der Waals surface area contributed by atoms with Crippen LogP contribution in [0.5, 0.6) is 5.75 Å². The molecule has 1 aliphatic carbocycles. The number of sulfonamides is 1. The van der Waals surface area contributed by atoms with E-state index in [4.69, 9.17) is 0 Å². The van der Waals surface area contributed by atoms with Crippen molar-refractivity contribution in [1.29, 1.82) is 0 Å². The summed E-state index contributed by atoms with van der Waals surface area (Å²) >= 11 is 0. The molecule has 1 heterocycles. The van der Waals surface area contributed by atoms with Crippen molar-refractivity contribution in [2.45, 2.75) is 61.4 Å². The molecule has 0 amide bonds. The number of piperidine rings is 1. The Kier molecular flexibility index (Phi) is 7.12. The van der Waals surface area contributed by atoms with Crippen molar-refractivity contribution in [3.8, 4) is 5.75 Å². The number of likely N-dealkylation sites (tertiary alicyclic amines) is 1. The van der Waals surface area contributed by atoms with Gasteiger partial charge in [-0.05, 0) is 73.6 Å². The highest BCUT2D eigenvalue weighted by atomic mass is 32.2. The molecule has 5 nitrogen and oxygen atoms in total. The highest BCUT2D eigenvalue weighted by Gasteiger charge is 2.38. The van der Waals surface area contributed by atoms with Gasteiger partial charge >= 0.3 is 0 Å². The molecule has 2 atom stereocenters. The monoisotopic (exact) mass is 490 g/mol. The van der Waals surface area contributed by atoms with Gasteiger partial charge in [-0.1, -0.05) is 61.4 Å². The minimum Gasteiger partial charge on any atom is -0.508 e. The van der Waals surface area contributed by atoms with Crippen LogP contribution >= 0.6 is 0 Å². The molecule has 0 bridgehead atoms. The van der Waals surface area contributed by atoms with Gasteiger partial charge in [0.1, 0.15) is 5.75 Å². The first kappa shape index (κ1) is 23.9. The normalized spacial score (nSPS) is 22.1. The number of hydrogen-bond acceptors (Lipinski definition) is 4. The average Bonchev–Trinajstić information content (AvgIpc) is 2.90. The van der Waals surface area contributed by atoms with Crippen LogP contribution in [-0.4, -0.2) is 43.6 Å². The lowest BCUT2D eigenvalue weighted by Gasteiger charge is -2.45. The number of aromatic hydroxyl groups is 1. The molecule has 1 saturated heterocycles. The van der Waals surface area contributed by atoms with Crippen molar-refractivity contribution >= 4 is 15.7 Å². The summed E-state index contributed by atoms with van der Waals surface area (Å²) in [5, 5.41) is 9.67. The third kappa shape index (κ3) is 5.09. The number of hydrogen-bond donors (Lipinski definition) is 1. The Morgan fingerprint density at radius 2 is 1.34 bits per heavy atom. The molecular formula is C29H34N2O3S. The van der Waals surface area contributed by atoms with Crippen LogP contribution in [0.15, 0.2) is 89.8 Å². The van der Waals surface area contributed by atoms with Crippen molar-refractivity contribution in [1.82, 2.24) is 4.90 Å². The number of nitrogens with zero attached hydrogens (tertiary/aromatic N) is 2. The van der Waals surface area contributed by atoms with E-state index in [9.17, 15) is 13.5 Å². The van der Waals surface area contributed by atoms with E-state index in [2.05, 4.69) is 35.2 Å². The molecule has 0 radical (unpaired) electrons. The van der Waals surface area contributed by atoms with Crippen LogP contribution in [0.3, 0.4) is 0 Å². The van der Waals surface area contributed by atoms with Crippen LogP contribution in [0.1, 0.15) is 50.0 Å². The molecule has 6 heteroatoms. The van der Waals surface area contributed by atoms with Gasteiger partial charge in [-0.25, -0.2) is 8.42 Å². The second kappa shape index (κ2) is 10.4. The van der Waals surface area contributed by atoms with Gasteiger partial charge in [0.2, 0.25) is 0 Å².